The molecule has 0 aliphatic carbocycles. The molecule has 1 N–H and O–H groups in total. The van der Waals surface area contributed by atoms with Crippen molar-refractivity contribution in [3.8, 4) is 0 Å². The fourth-order valence-corrected chi connectivity index (χ4v) is 2.62. The van der Waals surface area contributed by atoms with Crippen LogP contribution in [0, 0.1) is 5.92 Å². The van der Waals surface area contributed by atoms with Crippen LogP contribution in [0.4, 0.5) is 5.69 Å². The molecule has 0 radical (unpaired) electrons. The number of ether oxygens (including phenoxy) is 1. The van der Waals surface area contributed by atoms with Gasteiger partial charge in [-0.3, -0.25) is 9.78 Å². The highest BCUT2D eigenvalue weighted by atomic mass is 16.5. The minimum Gasteiger partial charge on any atom is -0.385 e. The Morgan fingerprint density at radius 1 is 1.48 bits per heavy atom. The molecule has 2 heterocycles. The van der Waals surface area contributed by atoms with Crippen LogP contribution in [0.25, 0.3) is 0 Å². The summed E-state index contributed by atoms with van der Waals surface area (Å²) in [6, 6.07) is 3.74. The number of hydrogen-bond acceptors (Lipinski definition) is 4. The monoisotopic (exact) mass is 291 g/mol. The lowest BCUT2D eigenvalue weighted by Crippen LogP contribution is -2.31. The van der Waals surface area contributed by atoms with E-state index < -0.39 is 0 Å². The molecule has 0 bridgehead atoms. The van der Waals surface area contributed by atoms with Gasteiger partial charge in [0.25, 0.3) is 5.91 Å². The Bertz CT molecular complexity index is 474. The summed E-state index contributed by atoms with van der Waals surface area (Å²) >= 11 is 0. The molecule has 1 saturated heterocycles. The molecule has 21 heavy (non-hydrogen) atoms. The third kappa shape index (κ3) is 3.94. The smallest absolute Gasteiger partial charge is 0.272 e. The summed E-state index contributed by atoms with van der Waals surface area (Å²) in [7, 11) is 0. The molecule has 2 unspecified atom stereocenters. The lowest BCUT2D eigenvalue weighted by Gasteiger charge is -2.19. The Kier molecular flexibility index (Phi) is 5.56. The van der Waals surface area contributed by atoms with Crippen molar-refractivity contribution >= 4 is 11.6 Å². The normalized spacial score (nSPS) is 21.3. The summed E-state index contributed by atoms with van der Waals surface area (Å²) in [4.78, 5) is 18.3. The van der Waals surface area contributed by atoms with Gasteiger partial charge >= 0.3 is 0 Å². The second-order valence-electron chi connectivity index (χ2n) is 5.41. The molecular weight excluding hydrogens is 266 g/mol. The number of carbonyl (C=O) groups is 1. The molecule has 1 aromatic heterocycles. The molecule has 0 aromatic carbocycles. The van der Waals surface area contributed by atoms with E-state index in [1.807, 2.05) is 26.0 Å². The maximum atomic E-state index is 12.3. The predicted molar refractivity (Wildman–Crippen MR) is 83.5 cm³/mol. The van der Waals surface area contributed by atoms with Crippen LogP contribution in [0.1, 0.15) is 37.7 Å². The van der Waals surface area contributed by atoms with E-state index in [9.17, 15) is 4.79 Å². The Hall–Kier alpha value is -1.62. The SMILES string of the molecule is CCN(CC)C(=O)c1cc(NCC2CCOC2C)ccn1. The first kappa shape index (κ1) is 15.8. The van der Waals surface area contributed by atoms with Gasteiger partial charge in [-0.25, -0.2) is 0 Å². The number of carbonyl (C=O) groups excluding carboxylic acids is 1. The van der Waals surface area contributed by atoms with Crippen molar-refractivity contribution in [2.75, 3.05) is 31.6 Å². The van der Waals surface area contributed by atoms with Gasteiger partial charge in [-0.2, -0.15) is 0 Å². The lowest BCUT2D eigenvalue weighted by atomic mass is 10.0. The fourth-order valence-electron chi connectivity index (χ4n) is 2.62. The summed E-state index contributed by atoms with van der Waals surface area (Å²) in [5, 5.41) is 3.40. The van der Waals surface area contributed by atoms with Crippen LogP contribution in [0.2, 0.25) is 0 Å². The Morgan fingerprint density at radius 2 is 2.24 bits per heavy atom. The average Bonchev–Trinajstić information content (AvgIpc) is 2.92. The van der Waals surface area contributed by atoms with E-state index in [0.717, 1.165) is 25.3 Å². The van der Waals surface area contributed by atoms with Gasteiger partial charge < -0.3 is 15.0 Å². The molecule has 0 spiro atoms. The van der Waals surface area contributed by atoms with Gasteiger partial charge in [0.15, 0.2) is 0 Å². The first-order valence-electron chi connectivity index (χ1n) is 7.76. The Morgan fingerprint density at radius 3 is 2.86 bits per heavy atom. The van der Waals surface area contributed by atoms with Crippen LogP contribution in [-0.4, -0.2) is 48.1 Å². The number of aromatic nitrogens is 1. The van der Waals surface area contributed by atoms with Crippen LogP contribution in [0.5, 0.6) is 0 Å². The quantitative estimate of drug-likeness (QED) is 0.874. The van der Waals surface area contributed by atoms with Gasteiger partial charge in [-0.1, -0.05) is 0 Å². The van der Waals surface area contributed by atoms with E-state index in [1.54, 1.807) is 11.1 Å². The molecule has 5 nitrogen and oxygen atoms in total. The van der Waals surface area contributed by atoms with E-state index in [2.05, 4.69) is 17.2 Å². The van der Waals surface area contributed by atoms with Crippen LogP contribution < -0.4 is 5.32 Å². The maximum Gasteiger partial charge on any atom is 0.272 e. The standard InChI is InChI=1S/C16H25N3O2/c1-4-19(5-2)16(20)15-10-14(6-8-17-15)18-11-13-7-9-21-12(13)3/h6,8,10,12-13H,4-5,7,9,11H2,1-3H3,(H,17,18). The first-order valence-corrected chi connectivity index (χ1v) is 7.76. The fraction of sp³-hybridized carbons (Fsp3) is 0.625. The van der Waals surface area contributed by atoms with Crippen molar-refractivity contribution in [1.29, 1.82) is 0 Å². The van der Waals surface area contributed by atoms with E-state index >= 15 is 0 Å². The minimum absolute atomic E-state index is 0.0128. The largest absolute Gasteiger partial charge is 0.385 e. The summed E-state index contributed by atoms with van der Waals surface area (Å²) in [5.74, 6) is 0.515. The van der Waals surface area contributed by atoms with Crippen molar-refractivity contribution < 1.29 is 9.53 Å². The van der Waals surface area contributed by atoms with Crippen LogP contribution in [0.15, 0.2) is 18.3 Å². The Labute approximate surface area is 126 Å². The summed E-state index contributed by atoms with van der Waals surface area (Å²) in [6.07, 6.45) is 3.08. The highest BCUT2D eigenvalue weighted by Gasteiger charge is 2.23. The molecule has 116 valence electrons. The third-order valence-electron chi connectivity index (χ3n) is 4.13. The highest BCUT2D eigenvalue weighted by molar-refractivity contribution is 5.93. The van der Waals surface area contributed by atoms with E-state index in [0.29, 0.717) is 30.8 Å². The van der Waals surface area contributed by atoms with Crippen molar-refractivity contribution in [2.24, 2.45) is 5.92 Å². The summed E-state index contributed by atoms with van der Waals surface area (Å²) in [6.45, 7) is 9.17. The third-order valence-corrected chi connectivity index (χ3v) is 4.13. The van der Waals surface area contributed by atoms with Gasteiger partial charge in [-0.15, -0.1) is 0 Å². The minimum atomic E-state index is -0.0128. The van der Waals surface area contributed by atoms with E-state index in [1.165, 1.54) is 0 Å². The molecule has 5 heteroatoms. The number of hydrogen-bond donors (Lipinski definition) is 1. The zero-order valence-corrected chi connectivity index (χ0v) is 13.1. The number of rotatable bonds is 6. The van der Waals surface area contributed by atoms with Crippen molar-refractivity contribution in [3.63, 3.8) is 0 Å². The van der Waals surface area contributed by atoms with Crippen molar-refractivity contribution in [3.05, 3.63) is 24.0 Å². The van der Waals surface area contributed by atoms with Gasteiger partial charge in [0.2, 0.25) is 0 Å². The number of anilines is 1. The second-order valence-corrected chi connectivity index (χ2v) is 5.41. The Balaban J connectivity index is 1.98. The van der Waals surface area contributed by atoms with Crippen LogP contribution >= 0.6 is 0 Å². The van der Waals surface area contributed by atoms with Gasteiger partial charge in [-0.05, 0) is 39.3 Å². The molecule has 1 aliphatic rings. The van der Waals surface area contributed by atoms with Crippen LogP contribution in [0.3, 0.4) is 0 Å². The van der Waals surface area contributed by atoms with Crippen LogP contribution in [-0.2, 0) is 4.74 Å². The van der Waals surface area contributed by atoms with Crippen molar-refractivity contribution in [1.82, 2.24) is 9.88 Å². The molecular formula is C16H25N3O2. The van der Waals surface area contributed by atoms with E-state index in [4.69, 9.17) is 4.74 Å². The predicted octanol–water partition coefficient (Wildman–Crippen LogP) is 2.40. The number of amides is 1. The molecule has 1 aliphatic heterocycles. The topological polar surface area (TPSA) is 54.5 Å². The lowest BCUT2D eigenvalue weighted by molar-refractivity contribution is 0.0767. The zero-order valence-electron chi connectivity index (χ0n) is 13.1. The number of nitrogens with zero attached hydrogens (tertiary/aromatic N) is 2. The summed E-state index contributed by atoms with van der Waals surface area (Å²) in [5.41, 5.74) is 1.44. The molecule has 1 fully saturated rings. The molecule has 0 saturated carbocycles. The molecule has 1 aromatic rings. The zero-order chi connectivity index (χ0) is 15.2. The van der Waals surface area contributed by atoms with Gasteiger partial charge in [0.1, 0.15) is 5.69 Å². The first-order chi connectivity index (χ1) is 10.2. The summed E-state index contributed by atoms with van der Waals surface area (Å²) < 4.78 is 5.56. The highest BCUT2D eigenvalue weighted by Crippen LogP contribution is 2.21. The molecule has 1 amide bonds. The van der Waals surface area contributed by atoms with Gasteiger partial charge in [0, 0.05) is 44.0 Å². The number of nitrogens with one attached hydrogen (secondary N) is 1. The second kappa shape index (κ2) is 7.41. The molecule has 2 rings (SSSR count). The van der Waals surface area contributed by atoms with Crippen molar-refractivity contribution in [2.45, 2.75) is 33.3 Å². The number of pyridine rings is 1. The molecule has 2 atom stereocenters. The average molecular weight is 291 g/mol. The maximum absolute atomic E-state index is 12.3. The van der Waals surface area contributed by atoms with E-state index in [-0.39, 0.29) is 5.91 Å². The van der Waals surface area contributed by atoms with Gasteiger partial charge in [0.05, 0.1) is 6.10 Å².